The van der Waals surface area contributed by atoms with Crippen molar-refractivity contribution in [3.63, 3.8) is 0 Å². The number of nitrogens with zero attached hydrogens (tertiary/aromatic N) is 4. The maximum Gasteiger partial charge on any atom is 0.147 e. The van der Waals surface area contributed by atoms with Gasteiger partial charge < -0.3 is 0 Å². The molecule has 118 valence electrons. The molecule has 4 nitrogen and oxygen atoms in total. The first kappa shape index (κ1) is 15.4. The smallest absolute Gasteiger partial charge is 0.147 e. The van der Waals surface area contributed by atoms with Gasteiger partial charge in [-0.15, -0.1) is 0 Å². The van der Waals surface area contributed by atoms with Crippen molar-refractivity contribution >= 4 is 45.8 Å². The molecule has 0 saturated heterocycles. The third-order valence-corrected chi connectivity index (χ3v) is 4.42. The number of hydrogen-bond acceptors (Lipinski definition) is 3. The summed E-state index contributed by atoms with van der Waals surface area (Å²) < 4.78 is 1.97. The second-order valence-corrected chi connectivity index (χ2v) is 6.41. The summed E-state index contributed by atoms with van der Waals surface area (Å²) in [4.78, 5) is 4.67. The van der Waals surface area contributed by atoms with E-state index in [2.05, 4.69) is 15.2 Å². The minimum atomic E-state index is 0.522. The number of benzene rings is 2. The van der Waals surface area contributed by atoms with Crippen LogP contribution in [0.5, 0.6) is 0 Å². The number of imidazole rings is 1. The second-order valence-electron chi connectivity index (χ2n) is 5.13. The molecule has 2 aromatic heterocycles. The highest BCUT2D eigenvalue weighted by molar-refractivity contribution is 6.36. The van der Waals surface area contributed by atoms with Crippen LogP contribution >= 0.6 is 34.8 Å². The van der Waals surface area contributed by atoms with Crippen molar-refractivity contribution in [3.05, 3.63) is 69.9 Å². The molecule has 0 aliphatic heterocycles. The normalized spacial score (nSPS) is 11.1. The molecule has 0 amide bonds. The summed E-state index contributed by atoms with van der Waals surface area (Å²) in [6.45, 7) is 0. The average Bonchev–Trinajstić information content (AvgIpc) is 2.95. The zero-order chi connectivity index (χ0) is 16.7. The molecule has 2 aromatic carbocycles. The van der Waals surface area contributed by atoms with Gasteiger partial charge in [0.1, 0.15) is 11.3 Å². The van der Waals surface area contributed by atoms with Crippen molar-refractivity contribution < 1.29 is 0 Å². The minimum absolute atomic E-state index is 0.522. The van der Waals surface area contributed by atoms with Gasteiger partial charge in [0.15, 0.2) is 0 Å². The first-order valence-electron chi connectivity index (χ1n) is 7.04. The van der Waals surface area contributed by atoms with Crippen molar-refractivity contribution in [1.82, 2.24) is 19.7 Å². The van der Waals surface area contributed by atoms with E-state index >= 15 is 0 Å². The van der Waals surface area contributed by atoms with Crippen LogP contribution in [0, 0.1) is 0 Å². The maximum atomic E-state index is 6.39. The fourth-order valence-corrected chi connectivity index (χ4v) is 3.17. The largest absolute Gasteiger partial charge is 0.291 e. The Morgan fingerprint density at radius 2 is 1.50 bits per heavy atom. The molecule has 0 saturated carbocycles. The number of halogens is 3. The third kappa shape index (κ3) is 2.63. The zero-order valence-electron chi connectivity index (χ0n) is 12.1. The Kier molecular flexibility index (Phi) is 3.88. The average molecular weight is 376 g/mol. The van der Waals surface area contributed by atoms with Crippen LogP contribution in [0.4, 0.5) is 0 Å². The highest BCUT2D eigenvalue weighted by Crippen LogP contribution is 2.34. The number of fused-ring (bicyclic) bond motifs is 1. The van der Waals surface area contributed by atoms with Crippen LogP contribution in [-0.2, 0) is 0 Å². The lowest BCUT2D eigenvalue weighted by molar-refractivity contribution is 1.03. The summed E-state index contributed by atoms with van der Waals surface area (Å²) in [6.07, 6.45) is 3.29. The Balaban J connectivity index is 2.05. The predicted octanol–water partition coefficient (Wildman–Crippen LogP) is 5.44. The maximum absolute atomic E-state index is 6.39. The number of hydrogen-bond donors (Lipinski definition) is 0. The first-order chi connectivity index (χ1) is 11.6. The van der Waals surface area contributed by atoms with Gasteiger partial charge in [-0.25, -0.2) is 4.98 Å². The third-order valence-electron chi connectivity index (χ3n) is 3.63. The molecule has 24 heavy (non-hydrogen) atoms. The van der Waals surface area contributed by atoms with Gasteiger partial charge in [-0.2, -0.15) is 10.2 Å². The highest BCUT2D eigenvalue weighted by atomic mass is 35.5. The Hall–Kier alpha value is -2.14. The molecule has 0 spiro atoms. The lowest BCUT2D eigenvalue weighted by Gasteiger charge is -2.10. The molecule has 4 aromatic rings. The standard InChI is InChI=1S/C17H9Cl3N4/c18-10-1-4-12(5-2-10)24-16-9-22-21-8-15(16)23-17(24)13-6-3-11(19)7-14(13)20/h1-9H. The minimum Gasteiger partial charge on any atom is -0.291 e. The van der Waals surface area contributed by atoms with Gasteiger partial charge in [0.25, 0.3) is 0 Å². The fourth-order valence-electron chi connectivity index (χ4n) is 2.55. The molecule has 0 N–H and O–H groups in total. The van der Waals surface area contributed by atoms with E-state index in [1.807, 2.05) is 34.9 Å². The van der Waals surface area contributed by atoms with Crippen molar-refractivity contribution in [3.8, 4) is 17.1 Å². The first-order valence-corrected chi connectivity index (χ1v) is 8.17. The van der Waals surface area contributed by atoms with Crippen molar-refractivity contribution in [1.29, 1.82) is 0 Å². The van der Waals surface area contributed by atoms with Crippen LogP contribution in [0.1, 0.15) is 0 Å². The van der Waals surface area contributed by atoms with Gasteiger partial charge in [0.2, 0.25) is 0 Å². The van der Waals surface area contributed by atoms with E-state index in [1.165, 1.54) is 0 Å². The van der Waals surface area contributed by atoms with E-state index in [0.717, 1.165) is 22.3 Å². The topological polar surface area (TPSA) is 43.6 Å². The van der Waals surface area contributed by atoms with Crippen LogP contribution in [0.2, 0.25) is 15.1 Å². The van der Waals surface area contributed by atoms with Crippen LogP contribution < -0.4 is 0 Å². The summed E-state index contributed by atoms with van der Waals surface area (Å²) in [5.41, 5.74) is 3.22. The molecule has 7 heteroatoms. The van der Waals surface area contributed by atoms with Crippen LogP contribution in [0.3, 0.4) is 0 Å². The predicted molar refractivity (Wildman–Crippen MR) is 97.1 cm³/mol. The molecule has 4 rings (SSSR count). The fraction of sp³-hybridized carbons (Fsp3) is 0. The molecular formula is C17H9Cl3N4. The van der Waals surface area contributed by atoms with E-state index in [1.54, 1.807) is 24.5 Å². The molecule has 0 aliphatic rings. The summed E-state index contributed by atoms with van der Waals surface area (Å²) in [5.74, 6) is 0.684. The monoisotopic (exact) mass is 374 g/mol. The van der Waals surface area contributed by atoms with Gasteiger partial charge >= 0.3 is 0 Å². The Morgan fingerprint density at radius 1 is 0.792 bits per heavy atom. The quantitative estimate of drug-likeness (QED) is 0.468. The van der Waals surface area contributed by atoms with Gasteiger partial charge in [0.05, 0.1) is 22.9 Å². The van der Waals surface area contributed by atoms with Crippen molar-refractivity contribution in [2.45, 2.75) is 0 Å². The van der Waals surface area contributed by atoms with Gasteiger partial charge in [0, 0.05) is 21.3 Å². The van der Waals surface area contributed by atoms with E-state index in [-0.39, 0.29) is 0 Å². The molecule has 0 aliphatic carbocycles. The molecule has 0 atom stereocenters. The van der Waals surface area contributed by atoms with Crippen LogP contribution in [0.15, 0.2) is 54.9 Å². The molecule has 0 fully saturated rings. The second kappa shape index (κ2) is 6.06. The molecule has 0 unspecified atom stereocenters. The Labute approximate surface area is 152 Å². The van der Waals surface area contributed by atoms with Crippen LogP contribution in [0.25, 0.3) is 28.1 Å². The summed E-state index contributed by atoms with van der Waals surface area (Å²) in [5, 5.41) is 9.63. The summed E-state index contributed by atoms with van der Waals surface area (Å²) >= 11 is 18.4. The van der Waals surface area contributed by atoms with Crippen molar-refractivity contribution in [2.24, 2.45) is 0 Å². The summed E-state index contributed by atoms with van der Waals surface area (Å²) in [6, 6.07) is 12.8. The van der Waals surface area contributed by atoms with E-state index in [9.17, 15) is 0 Å². The molecule has 0 radical (unpaired) electrons. The number of rotatable bonds is 2. The van der Waals surface area contributed by atoms with Gasteiger partial charge in [-0.3, -0.25) is 4.57 Å². The van der Waals surface area contributed by atoms with E-state index < -0.39 is 0 Å². The van der Waals surface area contributed by atoms with E-state index in [0.29, 0.717) is 20.9 Å². The zero-order valence-corrected chi connectivity index (χ0v) is 14.4. The molecular weight excluding hydrogens is 367 g/mol. The van der Waals surface area contributed by atoms with Crippen LogP contribution in [-0.4, -0.2) is 19.7 Å². The Morgan fingerprint density at radius 3 is 2.25 bits per heavy atom. The SMILES string of the molecule is Clc1ccc(-n2c(-c3ccc(Cl)cc3Cl)nc3cnncc32)cc1. The highest BCUT2D eigenvalue weighted by Gasteiger charge is 2.17. The lowest BCUT2D eigenvalue weighted by Crippen LogP contribution is -1.98. The summed E-state index contributed by atoms with van der Waals surface area (Å²) in [7, 11) is 0. The number of aromatic nitrogens is 4. The van der Waals surface area contributed by atoms with Gasteiger partial charge in [-0.05, 0) is 42.5 Å². The Bertz CT molecular complexity index is 1040. The van der Waals surface area contributed by atoms with Crippen molar-refractivity contribution in [2.75, 3.05) is 0 Å². The van der Waals surface area contributed by atoms with Gasteiger partial charge in [-0.1, -0.05) is 34.8 Å². The lowest BCUT2D eigenvalue weighted by atomic mass is 10.2. The molecule has 2 heterocycles. The molecule has 0 bridgehead atoms. The van der Waals surface area contributed by atoms with E-state index in [4.69, 9.17) is 34.8 Å².